The van der Waals surface area contributed by atoms with Crippen molar-refractivity contribution in [3.63, 3.8) is 0 Å². The van der Waals surface area contributed by atoms with Gasteiger partial charge in [-0.15, -0.1) is 0 Å². The largest absolute Gasteiger partial charge is 0.466 e. The van der Waals surface area contributed by atoms with Crippen LogP contribution in [0.3, 0.4) is 0 Å². The molecule has 0 spiro atoms. The first-order chi connectivity index (χ1) is 38.5. The fourth-order valence-electron chi connectivity index (χ4n) is 11.3. The van der Waals surface area contributed by atoms with Gasteiger partial charge in [-0.3, -0.25) is 9.59 Å². The first kappa shape index (κ1) is 76.3. The van der Waals surface area contributed by atoms with Crippen molar-refractivity contribution in [1.29, 1.82) is 0 Å². The molecule has 2 atom stereocenters. The highest BCUT2D eigenvalue weighted by atomic mass is 16.5. The lowest BCUT2D eigenvalue weighted by Crippen LogP contribution is -2.45. The summed E-state index contributed by atoms with van der Waals surface area (Å²) in [5, 5.41) is 23.4. The van der Waals surface area contributed by atoms with Crippen LogP contribution < -0.4 is 5.32 Å². The fraction of sp³-hybridized carbons (Fsp3) is 0.917. The van der Waals surface area contributed by atoms with Crippen molar-refractivity contribution >= 4 is 11.9 Å². The summed E-state index contributed by atoms with van der Waals surface area (Å²) in [7, 11) is 0. The molecule has 78 heavy (non-hydrogen) atoms. The van der Waals surface area contributed by atoms with Crippen molar-refractivity contribution in [2.75, 3.05) is 13.2 Å². The molecule has 0 saturated heterocycles. The highest BCUT2D eigenvalue weighted by Crippen LogP contribution is 2.19. The van der Waals surface area contributed by atoms with Crippen LogP contribution in [-0.4, -0.2) is 47.4 Å². The summed E-state index contributed by atoms with van der Waals surface area (Å²) in [6.07, 6.45) is 85.1. The topological polar surface area (TPSA) is 95.9 Å². The maximum Gasteiger partial charge on any atom is 0.305 e. The second-order valence-corrected chi connectivity index (χ2v) is 24.6. The fourth-order valence-corrected chi connectivity index (χ4v) is 11.3. The van der Waals surface area contributed by atoms with Crippen molar-refractivity contribution in [3.8, 4) is 0 Å². The van der Waals surface area contributed by atoms with Crippen LogP contribution in [-0.2, 0) is 14.3 Å². The lowest BCUT2D eigenvalue weighted by Gasteiger charge is -2.22. The average Bonchev–Trinajstić information content (AvgIpc) is 3.44. The van der Waals surface area contributed by atoms with E-state index in [1.807, 2.05) is 0 Å². The molecule has 6 heteroatoms. The summed E-state index contributed by atoms with van der Waals surface area (Å²) in [6.45, 7) is 4.97. The van der Waals surface area contributed by atoms with Crippen LogP contribution in [0.15, 0.2) is 24.3 Å². The van der Waals surface area contributed by atoms with Gasteiger partial charge in [0, 0.05) is 12.8 Å². The van der Waals surface area contributed by atoms with Crippen LogP contribution in [0.1, 0.15) is 399 Å². The number of hydrogen-bond donors (Lipinski definition) is 3. The van der Waals surface area contributed by atoms with Gasteiger partial charge in [0.2, 0.25) is 5.91 Å². The van der Waals surface area contributed by atoms with E-state index in [9.17, 15) is 19.8 Å². The van der Waals surface area contributed by atoms with E-state index in [4.69, 9.17) is 4.74 Å². The third-order valence-corrected chi connectivity index (χ3v) is 16.7. The summed E-state index contributed by atoms with van der Waals surface area (Å²) in [5.41, 5.74) is 0. The highest BCUT2D eigenvalue weighted by molar-refractivity contribution is 5.76. The second kappa shape index (κ2) is 67.8. The molecule has 1 amide bonds. The highest BCUT2D eigenvalue weighted by Gasteiger charge is 2.20. The van der Waals surface area contributed by atoms with Crippen molar-refractivity contribution < 1.29 is 24.5 Å². The van der Waals surface area contributed by atoms with E-state index < -0.39 is 12.1 Å². The standard InChI is InChI=1S/C72H139NO5/c1-3-5-7-9-11-13-15-17-18-19-20-21-22-23-25-28-31-34-37-41-44-48-52-56-60-64-70(75)69(68-74)73-71(76)65-61-57-53-49-45-42-38-35-32-29-26-24-27-30-33-36-39-43-47-51-55-59-63-67-78-72(77)66-62-58-54-50-46-40-16-14-12-10-8-6-4-2/h14,16,29,32,69-70,74-75H,3-13,15,17-28,30-31,33-68H2,1-2H3,(H,73,76)/b16-14-,32-29-. The molecule has 462 valence electrons. The molecule has 6 nitrogen and oxygen atoms in total. The van der Waals surface area contributed by atoms with Gasteiger partial charge in [-0.05, 0) is 77.0 Å². The van der Waals surface area contributed by atoms with Gasteiger partial charge >= 0.3 is 5.97 Å². The van der Waals surface area contributed by atoms with Crippen molar-refractivity contribution in [1.82, 2.24) is 5.32 Å². The molecule has 0 aromatic heterocycles. The maximum atomic E-state index is 12.6. The molecule has 3 N–H and O–H groups in total. The molecule has 2 unspecified atom stereocenters. The number of aliphatic hydroxyl groups is 2. The van der Waals surface area contributed by atoms with Crippen molar-refractivity contribution in [3.05, 3.63) is 24.3 Å². The van der Waals surface area contributed by atoms with Gasteiger partial charge in [0.15, 0.2) is 0 Å². The molecule has 0 heterocycles. The number of allylic oxidation sites excluding steroid dienone is 4. The number of esters is 1. The maximum absolute atomic E-state index is 12.6. The molecule has 0 aliphatic heterocycles. The number of hydrogen-bond acceptors (Lipinski definition) is 5. The third-order valence-electron chi connectivity index (χ3n) is 16.7. The van der Waals surface area contributed by atoms with E-state index >= 15 is 0 Å². The molecular formula is C72H139NO5. The van der Waals surface area contributed by atoms with Gasteiger partial charge < -0.3 is 20.3 Å². The summed E-state index contributed by atoms with van der Waals surface area (Å²) in [5.74, 6) is -0.0334. The molecular weight excluding hydrogens is 959 g/mol. The van der Waals surface area contributed by atoms with E-state index in [-0.39, 0.29) is 18.5 Å². The first-order valence-corrected chi connectivity index (χ1v) is 35.6. The second-order valence-electron chi connectivity index (χ2n) is 24.6. The SMILES string of the molecule is CCCCCC/C=C\CCCCCCCC(=O)OCCCCCCCCCCCCCC/C=C\CCCCCCCCCC(=O)NC(CO)C(O)CCCCCCCCCCCCCCCCCCCCCCCCCCC. The summed E-state index contributed by atoms with van der Waals surface area (Å²) in [4.78, 5) is 24.6. The zero-order chi connectivity index (χ0) is 56.4. The molecule has 0 saturated carbocycles. The molecule has 0 bridgehead atoms. The lowest BCUT2D eigenvalue weighted by molar-refractivity contribution is -0.143. The minimum absolute atomic E-state index is 0.00314. The Hall–Kier alpha value is -1.66. The molecule has 0 radical (unpaired) electrons. The summed E-state index contributed by atoms with van der Waals surface area (Å²) < 4.78 is 5.48. The lowest BCUT2D eigenvalue weighted by atomic mass is 10.0. The van der Waals surface area contributed by atoms with Crippen LogP contribution in [0.2, 0.25) is 0 Å². The van der Waals surface area contributed by atoms with Gasteiger partial charge in [-0.1, -0.05) is 334 Å². The van der Waals surface area contributed by atoms with E-state index in [1.54, 1.807) is 0 Å². The Balaban J connectivity index is 3.41. The zero-order valence-corrected chi connectivity index (χ0v) is 52.9. The molecule has 0 aliphatic carbocycles. The number of nitrogens with one attached hydrogen (secondary N) is 1. The molecule has 0 aliphatic rings. The van der Waals surface area contributed by atoms with Gasteiger partial charge in [0.05, 0.1) is 25.4 Å². The monoisotopic (exact) mass is 1100 g/mol. The van der Waals surface area contributed by atoms with Crippen molar-refractivity contribution in [2.45, 2.75) is 411 Å². The van der Waals surface area contributed by atoms with Crippen molar-refractivity contribution in [2.24, 2.45) is 0 Å². The van der Waals surface area contributed by atoms with Crippen LogP contribution in [0.4, 0.5) is 0 Å². The zero-order valence-electron chi connectivity index (χ0n) is 52.9. The number of carbonyl (C=O) groups is 2. The van der Waals surface area contributed by atoms with Gasteiger partial charge in [0.25, 0.3) is 0 Å². The Morgan fingerprint density at radius 2 is 0.603 bits per heavy atom. The summed E-state index contributed by atoms with van der Waals surface area (Å²) in [6, 6.07) is -0.548. The number of ether oxygens (including phenoxy) is 1. The quantitative estimate of drug-likeness (QED) is 0.0320. The van der Waals surface area contributed by atoms with Crippen LogP contribution in [0, 0.1) is 0 Å². The number of carbonyl (C=O) groups excluding carboxylic acids is 2. The Labute approximate surface area is 488 Å². The Morgan fingerprint density at radius 3 is 0.923 bits per heavy atom. The van der Waals surface area contributed by atoms with E-state index in [0.717, 1.165) is 44.9 Å². The predicted molar refractivity (Wildman–Crippen MR) is 343 cm³/mol. The minimum Gasteiger partial charge on any atom is -0.466 e. The predicted octanol–water partition coefficient (Wildman–Crippen LogP) is 22.9. The number of unbranched alkanes of at least 4 members (excludes halogenated alkanes) is 52. The first-order valence-electron chi connectivity index (χ1n) is 35.6. The van der Waals surface area contributed by atoms with Gasteiger partial charge in [0.1, 0.15) is 0 Å². The Bertz CT molecular complexity index is 1220. The smallest absolute Gasteiger partial charge is 0.305 e. The average molecular weight is 1100 g/mol. The number of rotatable bonds is 67. The van der Waals surface area contributed by atoms with Gasteiger partial charge in [-0.2, -0.15) is 0 Å². The number of amides is 1. The van der Waals surface area contributed by atoms with E-state index in [1.165, 1.54) is 321 Å². The van der Waals surface area contributed by atoms with Crippen LogP contribution in [0.5, 0.6) is 0 Å². The normalized spacial score (nSPS) is 12.6. The molecule has 0 aromatic carbocycles. The third kappa shape index (κ3) is 63.5. The molecule has 0 aromatic rings. The Kier molecular flexibility index (Phi) is 66.4. The Morgan fingerprint density at radius 1 is 0.346 bits per heavy atom. The van der Waals surface area contributed by atoms with E-state index in [0.29, 0.717) is 25.9 Å². The number of aliphatic hydroxyl groups excluding tert-OH is 2. The molecule has 0 rings (SSSR count). The van der Waals surface area contributed by atoms with Gasteiger partial charge in [-0.25, -0.2) is 0 Å². The molecule has 0 fully saturated rings. The van der Waals surface area contributed by atoms with Crippen LogP contribution >= 0.6 is 0 Å². The minimum atomic E-state index is -0.670. The van der Waals surface area contributed by atoms with Crippen LogP contribution in [0.25, 0.3) is 0 Å². The summed E-state index contributed by atoms with van der Waals surface area (Å²) >= 11 is 0. The van der Waals surface area contributed by atoms with E-state index in [2.05, 4.69) is 43.5 Å².